The van der Waals surface area contributed by atoms with Crippen molar-refractivity contribution in [1.29, 1.82) is 0 Å². The first kappa shape index (κ1) is 33.0. The Labute approximate surface area is 194 Å². The van der Waals surface area contributed by atoms with Crippen LogP contribution in [-0.2, 0) is 57.4 Å². The molecule has 0 aromatic heterocycles. The van der Waals surface area contributed by atoms with Gasteiger partial charge in [-0.3, -0.25) is 0 Å². The zero-order valence-electron chi connectivity index (χ0n) is 15.4. The van der Waals surface area contributed by atoms with Gasteiger partial charge in [0.2, 0.25) is 0 Å². The van der Waals surface area contributed by atoms with Crippen LogP contribution in [0.1, 0.15) is 13.8 Å². The van der Waals surface area contributed by atoms with E-state index in [-0.39, 0.29) is 26.7 Å². The van der Waals surface area contributed by atoms with Crippen LogP contribution in [-0.4, -0.2) is 70.7 Å². The van der Waals surface area contributed by atoms with Crippen molar-refractivity contribution in [2.75, 3.05) is 52.8 Å². The molecule has 0 amide bonds. The largest absolute Gasteiger partial charge is 2.00 e. The van der Waals surface area contributed by atoms with E-state index in [2.05, 4.69) is 87.0 Å². The fraction of sp³-hybridized carbons (Fsp3) is 0.769. The van der Waals surface area contributed by atoms with E-state index in [0.29, 0.717) is 26.1 Å². The van der Waals surface area contributed by atoms with Gasteiger partial charge >= 0.3 is 19.5 Å². The molecule has 0 atom stereocenters. The molecule has 0 bridgehead atoms. The zero-order chi connectivity index (χ0) is 19.1. The Morgan fingerprint density at radius 3 is 1.17 bits per heavy atom. The molecule has 0 spiro atoms. The summed E-state index contributed by atoms with van der Waals surface area (Å²) < 4.78 is 1.32. The summed E-state index contributed by atoms with van der Waals surface area (Å²) in [6, 6.07) is 0. The van der Waals surface area contributed by atoms with Crippen molar-refractivity contribution in [3.63, 3.8) is 0 Å². The van der Waals surface area contributed by atoms with Crippen molar-refractivity contribution in [2.24, 2.45) is 0 Å². The normalized spacial score (nSPS) is 8.92. The standard InChI is InChI=1S/C5H11NS2.C4H8N2S4.C4H12P.Zn/c1-3-6(4-2)5(7)8;7-3(8)5-1-2-6-4(9)10;1-5(2,3)4;/h3-4H2,1-2H3,(H,7,8);1-2H2,(H2,5,7,8)(H2,6,9,10);1-4H3;/q;;+1;+2/p-3. The fourth-order valence-electron chi connectivity index (χ4n) is 0.811. The van der Waals surface area contributed by atoms with Gasteiger partial charge in [0.15, 0.2) is 0 Å². The summed E-state index contributed by atoms with van der Waals surface area (Å²) in [7, 11) is -0.389. The number of hydrogen-bond acceptors (Lipinski definition) is 6. The van der Waals surface area contributed by atoms with Crippen LogP contribution in [0.2, 0.25) is 0 Å². The first-order valence-electron chi connectivity index (χ1n) is 6.99. The van der Waals surface area contributed by atoms with Gasteiger partial charge in [0.25, 0.3) is 0 Å². The molecule has 0 aliphatic carbocycles. The average molecular weight is 515 g/mol. The molecule has 2 N–H and O–H groups in total. The molecule has 3 nitrogen and oxygen atoms in total. The maximum absolute atomic E-state index is 4.76. The molecular weight excluding hydrogens is 487 g/mol. The monoisotopic (exact) mass is 513 g/mol. The Kier molecular flexibility index (Phi) is 28.5. The smallest absolute Gasteiger partial charge is 0.412 e. The van der Waals surface area contributed by atoms with Crippen LogP contribution in [0.3, 0.4) is 0 Å². The Morgan fingerprint density at radius 2 is 1.08 bits per heavy atom. The molecule has 0 unspecified atom stereocenters. The molecule has 0 aromatic rings. The van der Waals surface area contributed by atoms with E-state index in [1.54, 1.807) is 0 Å². The maximum Gasteiger partial charge on any atom is 2.00 e. The minimum atomic E-state index is -0.389. The van der Waals surface area contributed by atoms with Crippen LogP contribution in [0, 0.1) is 0 Å². The van der Waals surface area contributed by atoms with Crippen LogP contribution in [0.5, 0.6) is 0 Å². The zero-order valence-corrected chi connectivity index (χ0v) is 24.1. The first-order valence-corrected chi connectivity index (χ1v) is 13.0. The SMILES string of the molecule is CCN(CC)C(=S)[S-].C[P+](C)(C)C.S=C([S-])NCCNC(=S)[S-].[Zn+2]. The van der Waals surface area contributed by atoms with Crippen molar-refractivity contribution >= 4 is 94.8 Å². The van der Waals surface area contributed by atoms with Crippen LogP contribution < -0.4 is 10.6 Å². The summed E-state index contributed by atoms with van der Waals surface area (Å²) in [6.45, 7) is 16.5. The summed E-state index contributed by atoms with van der Waals surface area (Å²) in [4.78, 5) is 1.96. The topological polar surface area (TPSA) is 27.3 Å². The molecule has 0 saturated heterocycles. The van der Waals surface area contributed by atoms with Crippen molar-refractivity contribution in [2.45, 2.75) is 13.8 Å². The molecule has 0 heterocycles. The summed E-state index contributed by atoms with van der Waals surface area (Å²) in [5.74, 6) is 0. The van der Waals surface area contributed by atoms with Gasteiger partial charge < -0.3 is 90.1 Å². The molecule has 11 heteroatoms. The van der Waals surface area contributed by atoms with Crippen LogP contribution >= 0.6 is 43.9 Å². The van der Waals surface area contributed by atoms with Gasteiger partial charge in [0.05, 0.1) is 0 Å². The second-order valence-electron chi connectivity index (χ2n) is 5.55. The third kappa shape index (κ3) is 43.6. The molecule has 0 rings (SSSR count). The number of rotatable bonds is 5. The average Bonchev–Trinajstić information content (AvgIpc) is 2.34. The summed E-state index contributed by atoms with van der Waals surface area (Å²) in [5.41, 5.74) is 0. The Bertz CT molecular complexity index is 327. The molecule has 0 saturated carbocycles. The fourth-order valence-corrected chi connectivity index (χ4v) is 1.74. The second-order valence-corrected chi connectivity index (χ2v) is 14.1. The molecule has 0 aromatic carbocycles. The third-order valence-electron chi connectivity index (χ3n) is 1.69. The Balaban J connectivity index is -0.000000129. The van der Waals surface area contributed by atoms with Crippen LogP contribution in [0.4, 0.5) is 0 Å². The van der Waals surface area contributed by atoms with Gasteiger partial charge in [0, 0.05) is 60.1 Å². The van der Waals surface area contributed by atoms with Crippen LogP contribution in [0.25, 0.3) is 0 Å². The van der Waals surface area contributed by atoms with Gasteiger partial charge in [-0.2, -0.15) is 0 Å². The van der Waals surface area contributed by atoms with E-state index in [0.717, 1.165) is 13.1 Å². The first-order chi connectivity index (χ1) is 10.3. The molecule has 138 valence electrons. The van der Waals surface area contributed by atoms with Gasteiger partial charge in [-0.15, -0.1) is 0 Å². The van der Waals surface area contributed by atoms with Gasteiger partial charge in [-0.25, -0.2) is 0 Å². The predicted octanol–water partition coefficient (Wildman–Crippen LogP) is 2.51. The molecule has 0 radical (unpaired) electrons. The number of thiocarbonyl (C=S) groups is 3. The maximum atomic E-state index is 4.76. The van der Waals surface area contributed by atoms with Crippen LogP contribution in [0.15, 0.2) is 0 Å². The molecular formula is C13H28N3PS6Zn. The molecule has 24 heavy (non-hydrogen) atoms. The molecule has 0 aliphatic heterocycles. The summed E-state index contributed by atoms with van der Waals surface area (Å²) in [6.07, 6.45) is 0. The van der Waals surface area contributed by atoms with E-state index in [9.17, 15) is 0 Å². The van der Waals surface area contributed by atoms with Gasteiger partial charge in [-0.05, 0) is 13.8 Å². The van der Waals surface area contributed by atoms with Gasteiger partial charge in [-0.1, -0.05) is 13.0 Å². The molecule has 0 fully saturated rings. The Hall–Kier alpha value is 1.38. The summed E-state index contributed by atoms with van der Waals surface area (Å²) in [5, 5.41) is 5.56. The second kappa shape index (κ2) is 20.7. The van der Waals surface area contributed by atoms with Crippen molar-refractivity contribution in [3.05, 3.63) is 0 Å². The number of nitrogens with zero attached hydrogens (tertiary/aromatic N) is 1. The minimum Gasteiger partial charge on any atom is -0.412 e. The quantitative estimate of drug-likeness (QED) is 0.189. The summed E-state index contributed by atoms with van der Waals surface area (Å²) >= 11 is 27.9. The van der Waals surface area contributed by atoms with E-state index in [1.807, 2.05) is 18.7 Å². The van der Waals surface area contributed by atoms with E-state index in [4.69, 9.17) is 24.8 Å². The van der Waals surface area contributed by atoms with E-state index >= 15 is 0 Å². The van der Waals surface area contributed by atoms with E-state index in [1.165, 1.54) is 0 Å². The van der Waals surface area contributed by atoms with Crippen molar-refractivity contribution in [3.8, 4) is 0 Å². The van der Waals surface area contributed by atoms with E-state index < -0.39 is 0 Å². The molecule has 0 aliphatic rings. The third-order valence-corrected chi connectivity index (χ3v) is 2.78. The van der Waals surface area contributed by atoms with Gasteiger partial charge in [0.1, 0.15) is 0 Å². The van der Waals surface area contributed by atoms with Crippen molar-refractivity contribution in [1.82, 2.24) is 15.5 Å². The Morgan fingerprint density at radius 1 is 0.833 bits per heavy atom. The number of hydrogen-bond donors (Lipinski definition) is 2. The minimum absolute atomic E-state index is 0. The number of nitrogens with one attached hydrogen (secondary N) is 2. The van der Waals surface area contributed by atoms with Crippen molar-refractivity contribution < 1.29 is 19.5 Å². The predicted molar refractivity (Wildman–Crippen MR) is 129 cm³/mol.